The van der Waals surface area contributed by atoms with Crippen molar-refractivity contribution in [2.45, 2.75) is 31.9 Å². The number of aromatic nitrogens is 2. The molecule has 1 fully saturated rings. The molecule has 2 aromatic rings. The Kier molecular flexibility index (Phi) is 3.40. The Morgan fingerprint density at radius 2 is 2.26 bits per heavy atom. The third kappa shape index (κ3) is 2.88. The van der Waals surface area contributed by atoms with Gasteiger partial charge in [-0.2, -0.15) is 4.98 Å². The third-order valence-electron chi connectivity index (χ3n) is 3.07. The Labute approximate surface area is 115 Å². The second-order valence-electron chi connectivity index (χ2n) is 4.65. The Morgan fingerprint density at radius 1 is 1.42 bits per heavy atom. The van der Waals surface area contributed by atoms with Crippen LogP contribution < -0.4 is 5.32 Å². The summed E-state index contributed by atoms with van der Waals surface area (Å²) in [7, 11) is 0. The first-order valence-corrected chi connectivity index (χ1v) is 6.59. The number of aliphatic hydroxyl groups excluding tert-OH is 1. The molecule has 1 heterocycles. The van der Waals surface area contributed by atoms with Crippen LogP contribution in [-0.4, -0.2) is 15.2 Å². The number of hydrogen-bond donors (Lipinski definition) is 2. The molecule has 5 nitrogen and oxygen atoms in total. The fourth-order valence-electron chi connectivity index (χ4n) is 1.82. The van der Waals surface area contributed by atoms with E-state index in [4.69, 9.17) is 21.2 Å². The molecule has 1 aliphatic carbocycles. The molecule has 1 aromatic carbocycles. The van der Waals surface area contributed by atoms with Crippen LogP contribution in [-0.2, 0) is 13.2 Å². The predicted octanol–water partition coefficient (Wildman–Crippen LogP) is 2.70. The molecule has 0 spiro atoms. The number of rotatable bonds is 5. The van der Waals surface area contributed by atoms with Crippen LogP contribution in [0.5, 0.6) is 0 Å². The van der Waals surface area contributed by atoms with Crippen molar-refractivity contribution in [3.05, 3.63) is 40.5 Å². The summed E-state index contributed by atoms with van der Waals surface area (Å²) < 4.78 is 5.17. The predicted molar refractivity (Wildman–Crippen MR) is 71.0 cm³/mol. The lowest BCUT2D eigenvalue weighted by molar-refractivity contribution is 0.282. The highest BCUT2D eigenvalue weighted by Crippen LogP contribution is 2.38. The highest BCUT2D eigenvalue weighted by Gasteiger charge is 2.28. The Morgan fingerprint density at radius 3 is 3.00 bits per heavy atom. The summed E-state index contributed by atoms with van der Waals surface area (Å²) in [5.41, 5.74) is 1.55. The molecule has 1 aromatic heterocycles. The summed E-state index contributed by atoms with van der Waals surface area (Å²) >= 11 is 6.07. The molecule has 0 amide bonds. The van der Waals surface area contributed by atoms with E-state index in [1.54, 1.807) is 18.2 Å². The normalized spacial score (nSPS) is 14.6. The number of aliphatic hydroxyl groups is 1. The minimum absolute atomic E-state index is 0.0156. The summed E-state index contributed by atoms with van der Waals surface area (Å²) in [6, 6.07) is 5.34. The van der Waals surface area contributed by atoms with Gasteiger partial charge >= 0.3 is 0 Å². The van der Waals surface area contributed by atoms with Crippen LogP contribution in [0.2, 0.25) is 5.02 Å². The van der Waals surface area contributed by atoms with Crippen LogP contribution in [0.25, 0.3) is 0 Å². The zero-order chi connectivity index (χ0) is 13.2. The van der Waals surface area contributed by atoms with Crippen molar-refractivity contribution in [2.24, 2.45) is 0 Å². The van der Waals surface area contributed by atoms with Crippen molar-refractivity contribution in [2.75, 3.05) is 5.32 Å². The van der Waals surface area contributed by atoms with E-state index in [0.717, 1.165) is 29.9 Å². The maximum Gasteiger partial charge on any atom is 0.245 e. The average molecular weight is 280 g/mol. The molecule has 0 aliphatic heterocycles. The third-order valence-corrected chi connectivity index (χ3v) is 3.40. The topological polar surface area (TPSA) is 71.2 Å². The largest absolute Gasteiger partial charge is 0.392 e. The van der Waals surface area contributed by atoms with E-state index in [-0.39, 0.29) is 6.61 Å². The van der Waals surface area contributed by atoms with Crippen molar-refractivity contribution >= 4 is 17.3 Å². The first kappa shape index (κ1) is 12.4. The van der Waals surface area contributed by atoms with Gasteiger partial charge in [0.1, 0.15) is 0 Å². The monoisotopic (exact) mass is 279 g/mol. The molecular weight excluding hydrogens is 266 g/mol. The number of benzene rings is 1. The quantitative estimate of drug-likeness (QED) is 0.880. The molecule has 3 rings (SSSR count). The highest BCUT2D eigenvalue weighted by molar-refractivity contribution is 6.33. The highest BCUT2D eigenvalue weighted by atomic mass is 35.5. The zero-order valence-corrected chi connectivity index (χ0v) is 11.0. The van der Waals surface area contributed by atoms with Crippen molar-refractivity contribution in [3.8, 4) is 0 Å². The summed E-state index contributed by atoms with van der Waals surface area (Å²) in [4.78, 5) is 4.33. The summed E-state index contributed by atoms with van der Waals surface area (Å²) in [6.45, 7) is 0.409. The van der Waals surface area contributed by atoms with Crippen LogP contribution in [0.3, 0.4) is 0 Å². The van der Waals surface area contributed by atoms with E-state index in [1.807, 2.05) is 0 Å². The maximum absolute atomic E-state index is 9.10. The molecule has 0 atom stereocenters. The number of nitrogens with one attached hydrogen (secondary N) is 1. The minimum atomic E-state index is -0.0156. The van der Waals surface area contributed by atoms with E-state index in [0.29, 0.717) is 23.4 Å². The number of nitrogens with zero attached hydrogens (tertiary/aromatic N) is 2. The lowest BCUT2D eigenvalue weighted by Gasteiger charge is -2.07. The molecule has 0 unspecified atom stereocenters. The second-order valence-corrected chi connectivity index (χ2v) is 5.05. The van der Waals surface area contributed by atoms with Crippen LogP contribution in [0, 0.1) is 0 Å². The van der Waals surface area contributed by atoms with E-state index in [1.165, 1.54) is 0 Å². The van der Waals surface area contributed by atoms with Gasteiger partial charge < -0.3 is 14.9 Å². The Hall–Kier alpha value is -1.59. The molecular formula is C13H14ClN3O2. The van der Waals surface area contributed by atoms with Gasteiger partial charge in [-0.1, -0.05) is 22.8 Å². The number of anilines is 1. The SMILES string of the molecule is OCc1ccc(Cl)c(NCc2nc(C3CC3)no2)c1. The molecule has 2 N–H and O–H groups in total. The van der Waals surface area contributed by atoms with Crippen molar-refractivity contribution in [3.63, 3.8) is 0 Å². The smallest absolute Gasteiger partial charge is 0.245 e. The molecule has 1 aliphatic rings. The average Bonchev–Trinajstić information content (AvgIpc) is 3.17. The number of halogens is 1. The summed E-state index contributed by atoms with van der Waals surface area (Å²) in [6.07, 6.45) is 2.30. The van der Waals surface area contributed by atoms with Gasteiger partial charge in [0.25, 0.3) is 0 Å². The van der Waals surface area contributed by atoms with Gasteiger partial charge in [0.15, 0.2) is 5.82 Å². The van der Waals surface area contributed by atoms with Crippen molar-refractivity contribution < 1.29 is 9.63 Å². The summed E-state index contributed by atoms with van der Waals surface area (Å²) in [5.74, 6) is 1.83. The standard InChI is InChI=1S/C13H14ClN3O2/c14-10-4-1-8(7-18)5-11(10)15-6-12-16-13(17-19-12)9-2-3-9/h1,4-5,9,15,18H,2-3,6-7H2. The molecule has 100 valence electrons. The van der Waals surface area contributed by atoms with Gasteiger partial charge in [-0.15, -0.1) is 0 Å². The van der Waals surface area contributed by atoms with E-state index < -0.39 is 0 Å². The molecule has 0 radical (unpaired) electrons. The molecule has 19 heavy (non-hydrogen) atoms. The fourth-order valence-corrected chi connectivity index (χ4v) is 2.01. The van der Waals surface area contributed by atoms with Crippen molar-refractivity contribution in [1.82, 2.24) is 10.1 Å². The first-order chi connectivity index (χ1) is 9.26. The van der Waals surface area contributed by atoms with Crippen LogP contribution in [0.1, 0.15) is 36.0 Å². The molecule has 0 bridgehead atoms. The summed E-state index contributed by atoms with van der Waals surface area (Å²) in [5, 5.41) is 16.8. The van der Waals surface area contributed by atoms with Gasteiger partial charge in [0.2, 0.25) is 5.89 Å². The zero-order valence-electron chi connectivity index (χ0n) is 10.3. The van der Waals surface area contributed by atoms with Gasteiger partial charge in [-0.25, -0.2) is 0 Å². The first-order valence-electron chi connectivity index (χ1n) is 6.22. The van der Waals surface area contributed by atoms with E-state index >= 15 is 0 Å². The second kappa shape index (κ2) is 5.19. The van der Waals surface area contributed by atoms with E-state index in [9.17, 15) is 0 Å². The van der Waals surface area contributed by atoms with Crippen LogP contribution >= 0.6 is 11.6 Å². The molecule has 0 saturated heterocycles. The van der Waals surface area contributed by atoms with Gasteiger partial charge in [0, 0.05) is 5.92 Å². The lowest BCUT2D eigenvalue weighted by atomic mass is 10.2. The minimum Gasteiger partial charge on any atom is -0.392 e. The maximum atomic E-state index is 9.10. The Bertz CT molecular complexity index is 581. The van der Waals surface area contributed by atoms with Crippen LogP contribution in [0.15, 0.2) is 22.7 Å². The van der Waals surface area contributed by atoms with Gasteiger partial charge in [0.05, 0.1) is 23.9 Å². The molecule has 6 heteroatoms. The fraction of sp³-hybridized carbons (Fsp3) is 0.385. The van der Waals surface area contributed by atoms with Crippen LogP contribution in [0.4, 0.5) is 5.69 Å². The Balaban J connectivity index is 1.67. The lowest BCUT2D eigenvalue weighted by Crippen LogP contribution is -2.01. The van der Waals surface area contributed by atoms with Gasteiger partial charge in [-0.3, -0.25) is 0 Å². The molecule has 1 saturated carbocycles. The number of hydrogen-bond acceptors (Lipinski definition) is 5. The van der Waals surface area contributed by atoms with Gasteiger partial charge in [-0.05, 0) is 30.5 Å². The van der Waals surface area contributed by atoms with E-state index in [2.05, 4.69) is 15.5 Å². The van der Waals surface area contributed by atoms with Crippen molar-refractivity contribution in [1.29, 1.82) is 0 Å².